The third kappa shape index (κ3) is 3.82. The van der Waals surface area contributed by atoms with E-state index in [4.69, 9.17) is 0 Å². The topological polar surface area (TPSA) is 26.7 Å². The van der Waals surface area contributed by atoms with Gasteiger partial charge in [-0.25, -0.2) is 4.39 Å². The molecule has 2 atom stereocenters. The summed E-state index contributed by atoms with van der Waals surface area (Å²) in [6.45, 7) is 5.60. The fourth-order valence-electron chi connectivity index (χ4n) is 3.67. The van der Waals surface area contributed by atoms with Gasteiger partial charge in [-0.3, -0.25) is 4.90 Å². The third-order valence-corrected chi connectivity index (χ3v) is 4.84. The van der Waals surface area contributed by atoms with Gasteiger partial charge in [0.25, 0.3) is 0 Å². The van der Waals surface area contributed by atoms with Crippen LogP contribution in [0.15, 0.2) is 24.3 Å². The van der Waals surface area contributed by atoms with E-state index in [9.17, 15) is 9.50 Å². The van der Waals surface area contributed by atoms with Crippen LogP contribution in [0.3, 0.4) is 0 Å². The fourth-order valence-corrected chi connectivity index (χ4v) is 3.67. The molecule has 3 nitrogen and oxygen atoms in total. The summed E-state index contributed by atoms with van der Waals surface area (Å²) >= 11 is 0. The van der Waals surface area contributed by atoms with Crippen LogP contribution in [0.2, 0.25) is 0 Å². The van der Waals surface area contributed by atoms with Gasteiger partial charge in [-0.15, -0.1) is 0 Å². The first-order valence-corrected chi connectivity index (χ1v) is 8.12. The van der Waals surface area contributed by atoms with Gasteiger partial charge in [0.2, 0.25) is 0 Å². The molecule has 21 heavy (non-hydrogen) atoms. The molecule has 1 aromatic carbocycles. The Morgan fingerprint density at radius 3 is 2.95 bits per heavy atom. The minimum absolute atomic E-state index is 0.275. The van der Waals surface area contributed by atoms with Gasteiger partial charge in [-0.1, -0.05) is 12.1 Å². The SMILES string of the molecule is OC(CCN1CCCN2CCCC2C1)c1cccc(F)c1. The minimum atomic E-state index is -0.566. The predicted octanol–water partition coefficient (Wildman–Crippen LogP) is 2.42. The second-order valence-electron chi connectivity index (χ2n) is 6.35. The van der Waals surface area contributed by atoms with Crippen molar-refractivity contribution < 1.29 is 9.50 Å². The average molecular weight is 292 g/mol. The van der Waals surface area contributed by atoms with Crippen LogP contribution in [-0.4, -0.2) is 53.7 Å². The number of nitrogens with zero attached hydrogens (tertiary/aromatic N) is 2. The Bertz CT molecular complexity index is 468. The monoisotopic (exact) mass is 292 g/mol. The van der Waals surface area contributed by atoms with Crippen LogP contribution in [0, 0.1) is 5.82 Å². The Kier molecular flexibility index (Phi) is 4.88. The zero-order chi connectivity index (χ0) is 14.7. The zero-order valence-electron chi connectivity index (χ0n) is 12.5. The molecule has 0 aliphatic carbocycles. The number of aliphatic hydroxyl groups excluding tert-OH is 1. The van der Waals surface area contributed by atoms with Crippen LogP contribution in [0.5, 0.6) is 0 Å². The van der Waals surface area contributed by atoms with Gasteiger partial charge in [0.05, 0.1) is 6.10 Å². The second-order valence-corrected chi connectivity index (χ2v) is 6.35. The molecule has 1 aromatic rings. The maximum absolute atomic E-state index is 13.2. The number of aliphatic hydroxyl groups is 1. The molecule has 1 N–H and O–H groups in total. The van der Waals surface area contributed by atoms with Gasteiger partial charge in [0.1, 0.15) is 5.82 Å². The molecule has 2 aliphatic rings. The van der Waals surface area contributed by atoms with Crippen LogP contribution in [0.25, 0.3) is 0 Å². The van der Waals surface area contributed by atoms with Gasteiger partial charge in [-0.2, -0.15) is 0 Å². The molecule has 2 fully saturated rings. The van der Waals surface area contributed by atoms with E-state index >= 15 is 0 Å². The number of benzene rings is 1. The molecule has 0 saturated carbocycles. The molecule has 0 aromatic heterocycles. The number of fused-ring (bicyclic) bond motifs is 1. The van der Waals surface area contributed by atoms with Crippen molar-refractivity contribution in [2.45, 2.75) is 37.8 Å². The molecular weight excluding hydrogens is 267 g/mol. The molecule has 0 radical (unpaired) electrons. The summed E-state index contributed by atoms with van der Waals surface area (Å²) in [7, 11) is 0. The lowest BCUT2D eigenvalue weighted by atomic mass is 10.1. The highest BCUT2D eigenvalue weighted by molar-refractivity contribution is 5.18. The molecule has 2 saturated heterocycles. The number of hydrogen-bond acceptors (Lipinski definition) is 3. The summed E-state index contributed by atoms with van der Waals surface area (Å²) in [5, 5.41) is 10.2. The first kappa shape index (κ1) is 14.9. The quantitative estimate of drug-likeness (QED) is 0.923. The van der Waals surface area contributed by atoms with Crippen LogP contribution >= 0.6 is 0 Å². The Hall–Kier alpha value is -0.970. The van der Waals surface area contributed by atoms with Gasteiger partial charge < -0.3 is 10.0 Å². The van der Waals surface area contributed by atoms with E-state index in [1.165, 1.54) is 44.5 Å². The fraction of sp³-hybridized carbons (Fsp3) is 0.647. The van der Waals surface area contributed by atoms with Gasteiger partial charge in [-0.05, 0) is 63.0 Å². The first-order valence-electron chi connectivity index (χ1n) is 8.12. The summed E-state index contributed by atoms with van der Waals surface area (Å²) in [4.78, 5) is 5.08. The van der Waals surface area contributed by atoms with Crippen LogP contribution in [-0.2, 0) is 0 Å². The van der Waals surface area contributed by atoms with E-state index in [0.29, 0.717) is 18.0 Å². The lowest BCUT2D eigenvalue weighted by Gasteiger charge is -2.26. The Labute approximate surface area is 126 Å². The van der Waals surface area contributed by atoms with E-state index in [-0.39, 0.29) is 5.82 Å². The smallest absolute Gasteiger partial charge is 0.123 e. The second kappa shape index (κ2) is 6.86. The molecule has 3 rings (SSSR count). The molecule has 4 heteroatoms. The third-order valence-electron chi connectivity index (χ3n) is 4.84. The normalized spacial score (nSPS) is 25.5. The lowest BCUT2D eigenvalue weighted by molar-refractivity contribution is 0.137. The van der Waals surface area contributed by atoms with Crippen molar-refractivity contribution in [3.05, 3.63) is 35.6 Å². The number of halogens is 1. The zero-order valence-corrected chi connectivity index (χ0v) is 12.5. The molecule has 0 spiro atoms. The highest BCUT2D eigenvalue weighted by Gasteiger charge is 2.28. The summed E-state index contributed by atoms with van der Waals surface area (Å²) in [6.07, 6.45) is 3.96. The summed E-state index contributed by atoms with van der Waals surface area (Å²) < 4.78 is 13.2. The van der Waals surface area contributed by atoms with Crippen molar-refractivity contribution >= 4 is 0 Å². The molecule has 2 unspecified atom stereocenters. The van der Waals surface area contributed by atoms with Crippen molar-refractivity contribution in [1.29, 1.82) is 0 Å². The standard InChI is InChI=1S/C17H25FN2O/c18-15-5-1-4-14(12-15)17(21)7-11-19-8-3-10-20-9-2-6-16(20)13-19/h1,4-5,12,16-17,21H,2-3,6-11,13H2. The first-order chi connectivity index (χ1) is 10.2. The Morgan fingerprint density at radius 1 is 1.24 bits per heavy atom. The molecule has 0 bridgehead atoms. The summed E-state index contributed by atoms with van der Waals surface area (Å²) in [5.74, 6) is -0.275. The van der Waals surface area contributed by atoms with Gasteiger partial charge >= 0.3 is 0 Å². The van der Waals surface area contributed by atoms with Crippen molar-refractivity contribution in [2.24, 2.45) is 0 Å². The summed E-state index contributed by atoms with van der Waals surface area (Å²) in [6, 6.07) is 7.02. The highest BCUT2D eigenvalue weighted by Crippen LogP contribution is 2.23. The molecule has 116 valence electrons. The van der Waals surface area contributed by atoms with Crippen molar-refractivity contribution in [3.8, 4) is 0 Å². The maximum Gasteiger partial charge on any atom is 0.123 e. The molecular formula is C17H25FN2O. The van der Waals surface area contributed by atoms with Crippen molar-refractivity contribution in [1.82, 2.24) is 9.80 Å². The minimum Gasteiger partial charge on any atom is -0.388 e. The van der Waals surface area contributed by atoms with Crippen molar-refractivity contribution in [2.75, 3.05) is 32.7 Å². The van der Waals surface area contributed by atoms with Gasteiger partial charge in [0, 0.05) is 19.1 Å². The number of hydrogen-bond donors (Lipinski definition) is 1. The average Bonchev–Trinajstić information content (AvgIpc) is 2.83. The van der Waals surface area contributed by atoms with E-state index in [1.54, 1.807) is 12.1 Å². The van der Waals surface area contributed by atoms with Crippen LogP contribution in [0.4, 0.5) is 4.39 Å². The van der Waals surface area contributed by atoms with E-state index < -0.39 is 6.10 Å². The molecule has 0 amide bonds. The van der Waals surface area contributed by atoms with Crippen LogP contribution < -0.4 is 0 Å². The van der Waals surface area contributed by atoms with E-state index in [1.807, 2.05) is 0 Å². The molecule has 2 aliphatic heterocycles. The van der Waals surface area contributed by atoms with E-state index in [2.05, 4.69) is 9.80 Å². The van der Waals surface area contributed by atoms with Crippen LogP contribution in [0.1, 0.15) is 37.4 Å². The van der Waals surface area contributed by atoms with E-state index in [0.717, 1.165) is 19.6 Å². The van der Waals surface area contributed by atoms with Gasteiger partial charge in [0.15, 0.2) is 0 Å². The number of rotatable bonds is 4. The Morgan fingerprint density at radius 2 is 2.10 bits per heavy atom. The lowest BCUT2D eigenvalue weighted by Crippen LogP contribution is -2.37. The summed E-state index contributed by atoms with van der Waals surface area (Å²) in [5.41, 5.74) is 0.687. The molecule has 2 heterocycles. The van der Waals surface area contributed by atoms with Crippen molar-refractivity contribution in [3.63, 3.8) is 0 Å². The maximum atomic E-state index is 13.2. The Balaban J connectivity index is 1.52. The highest BCUT2D eigenvalue weighted by atomic mass is 19.1. The predicted molar refractivity (Wildman–Crippen MR) is 81.6 cm³/mol. The largest absolute Gasteiger partial charge is 0.388 e.